The van der Waals surface area contributed by atoms with Gasteiger partial charge < -0.3 is 24.7 Å². The van der Waals surface area contributed by atoms with E-state index in [1.54, 1.807) is 7.11 Å². The Hall–Kier alpha value is -1.40. The molecule has 8 nitrogen and oxygen atoms in total. The van der Waals surface area contributed by atoms with Crippen molar-refractivity contribution < 1.29 is 9.47 Å². The third-order valence-corrected chi connectivity index (χ3v) is 4.54. The van der Waals surface area contributed by atoms with Gasteiger partial charge in [0.15, 0.2) is 11.8 Å². The quantitative estimate of drug-likeness (QED) is 0.210. The number of benzene rings is 1. The number of ether oxygens (including phenoxy) is 2. The number of hydrogen-bond donors (Lipinski definition) is 2. The van der Waals surface area contributed by atoms with Crippen molar-refractivity contribution in [2.75, 3.05) is 26.8 Å². The predicted octanol–water partition coefficient (Wildman–Crippen LogP) is 2.65. The summed E-state index contributed by atoms with van der Waals surface area (Å²) in [5, 5.41) is 14.7. The van der Waals surface area contributed by atoms with Gasteiger partial charge in [-0.3, -0.25) is 0 Å². The zero-order valence-electron chi connectivity index (χ0n) is 16.6. The molecule has 0 spiro atoms. The summed E-state index contributed by atoms with van der Waals surface area (Å²) in [6.07, 6.45) is -0.0461. The van der Waals surface area contributed by atoms with E-state index in [1.807, 2.05) is 49.7 Å². The van der Waals surface area contributed by atoms with Crippen LogP contribution in [0.15, 0.2) is 33.7 Å². The molecule has 0 saturated carbocycles. The lowest BCUT2D eigenvalue weighted by atomic mass is 10.3. The van der Waals surface area contributed by atoms with Crippen LogP contribution in [0.4, 0.5) is 0 Å². The number of para-hydroxylation sites is 1. The molecule has 0 aliphatic carbocycles. The molecule has 1 aromatic carbocycles. The topological polar surface area (TPSA) is 85.6 Å². The van der Waals surface area contributed by atoms with Gasteiger partial charge in [-0.25, -0.2) is 4.99 Å². The Morgan fingerprint density at radius 3 is 2.68 bits per heavy atom. The number of rotatable bonds is 9. The van der Waals surface area contributed by atoms with Crippen molar-refractivity contribution in [2.24, 2.45) is 12.0 Å². The minimum absolute atomic E-state index is 0. The van der Waals surface area contributed by atoms with Gasteiger partial charge in [0.25, 0.3) is 0 Å². The number of halogens is 2. The van der Waals surface area contributed by atoms with Gasteiger partial charge in [-0.1, -0.05) is 12.1 Å². The Morgan fingerprint density at radius 2 is 2.04 bits per heavy atom. The van der Waals surface area contributed by atoms with Crippen LogP contribution < -0.4 is 15.4 Å². The highest BCUT2D eigenvalue weighted by Gasteiger charge is 2.09. The van der Waals surface area contributed by atoms with Gasteiger partial charge in [-0.05, 0) is 41.9 Å². The van der Waals surface area contributed by atoms with Crippen LogP contribution in [-0.2, 0) is 18.3 Å². The van der Waals surface area contributed by atoms with Gasteiger partial charge >= 0.3 is 0 Å². The number of aliphatic imine (C=N–C) groups is 1. The van der Waals surface area contributed by atoms with E-state index in [-0.39, 0.29) is 30.1 Å². The summed E-state index contributed by atoms with van der Waals surface area (Å²) in [7, 11) is 3.60. The average molecular weight is 567 g/mol. The predicted molar refractivity (Wildman–Crippen MR) is 124 cm³/mol. The summed E-state index contributed by atoms with van der Waals surface area (Å²) in [5.74, 6) is 3.15. The molecule has 1 unspecified atom stereocenters. The molecule has 1 atom stereocenters. The SMILES string of the molecule is COCCNC(=NCc1nnc(C)n1C)NCC(C)Oc1ccccc1Br.I. The Bertz CT molecular complexity index is 755. The molecule has 28 heavy (non-hydrogen) atoms. The second kappa shape index (κ2) is 12.9. The first-order valence-corrected chi connectivity index (χ1v) is 9.57. The lowest BCUT2D eigenvalue weighted by molar-refractivity contribution is 0.203. The smallest absolute Gasteiger partial charge is 0.191 e. The molecule has 10 heteroatoms. The molecule has 1 heterocycles. The second-order valence-electron chi connectivity index (χ2n) is 6.05. The van der Waals surface area contributed by atoms with Crippen LogP contribution in [-0.4, -0.2) is 53.6 Å². The van der Waals surface area contributed by atoms with E-state index >= 15 is 0 Å². The lowest BCUT2D eigenvalue weighted by Crippen LogP contribution is -2.43. The number of hydrogen-bond acceptors (Lipinski definition) is 5. The van der Waals surface area contributed by atoms with E-state index in [4.69, 9.17) is 9.47 Å². The zero-order chi connectivity index (χ0) is 19.6. The number of guanidine groups is 1. The van der Waals surface area contributed by atoms with Crippen LogP contribution in [0, 0.1) is 6.92 Å². The third-order valence-electron chi connectivity index (χ3n) is 3.88. The van der Waals surface area contributed by atoms with Gasteiger partial charge in [0.2, 0.25) is 0 Å². The van der Waals surface area contributed by atoms with E-state index in [1.165, 1.54) is 0 Å². The molecule has 0 aliphatic heterocycles. The number of aryl methyl sites for hydroxylation is 1. The molecule has 0 aliphatic rings. The maximum absolute atomic E-state index is 5.96. The molecule has 2 aromatic rings. The third kappa shape index (κ3) is 7.92. The average Bonchev–Trinajstić information content (AvgIpc) is 2.97. The highest BCUT2D eigenvalue weighted by Crippen LogP contribution is 2.24. The van der Waals surface area contributed by atoms with E-state index in [0.29, 0.717) is 32.2 Å². The van der Waals surface area contributed by atoms with Crippen molar-refractivity contribution in [1.29, 1.82) is 0 Å². The molecule has 156 valence electrons. The van der Waals surface area contributed by atoms with Crippen LogP contribution in [0.25, 0.3) is 0 Å². The summed E-state index contributed by atoms with van der Waals surface area (Å²) in [5.41, 5.74) is 0. The second-order valence-corrected chi connectivity index (χ2v) is 6.90. The van der Waals surface area contributed by atoms with Crippen molar-refractivity contribution in [3.8, 4) is 5.75 Å². The zero-order valence-corrected chi connectivity index (χ0v) is 20.5. The van der Waals surface area contributed by atoms with Crippen molar-refractivity contribution >= 4 is 45.9 Å². The fraction of sp³-hybridized carbons (Fsp3) is 0.500. The molecule has 0 radical (unpaired) electrons. The molecule has 0 fully saturated rings. The molecule has 1 aromatic heterocycles. The number of aromatic nitrogens is 3. The Kier molecular flexibility index (Phi) is 11.4. The first kappa shape index (κ1) is 24.6. The minimum atomic E-state index is -0.0461. The molecule has 0 saturated heterocycles. The summed E-state index contributed by atoms with van der Waals surface area (Å²) in [6, 6.07) is 7.79. The van der Waals surface area contributed by atoms with Crippen LogP contribution in [0.3, 0.4) is 0 Å². The van der Waals surface area contributed by atoms with E-state index in [0.717, 1.165) is 21.9 Å². The monoisotopic (exact) mass is 566 g/mol. The summed E-state index contributed by atoms with van der Waals surface area (Å²) < 4.78 is 13.9. The first-order chi connectivity index (χ1) is 13.0. The van der Waals surface area contributed by atoms with Gasteiger partial charge in [0.05, 0.1) is 17.6 Å². The van der Waals surface area contributed by atoms with Crippen molar-refractivity contribution in [3.63, 3.8) is 0 Å². The molecule has 2 N–H and O–H groups in total. The van der Waals surface area contributed by atoms with Crippen molar-refractivity contribution in [3.05, 3.63) is 40.4 Å². The van der Waals surface area contributed by atoms with Crippen LogP contribution in [0.1, 0.15) is 18.6 Å². The van der Waals surface area contributed by atoms with Crippen LogP contribution in [0.5, 0.6) is 5.75 Å². The van der Waals surface area contributed by atoms with Gasteiger partial charge in [0.1, 0.15) is 24.2 Å². The van der Waals surface area contributed by atoms with Crippen molar-refractivity contribution in [1.82, 2.24) is 25.4 Å². The number of nitrogens with zero attached hydrogens (tertiary/aromatic N) is 4. The summed E-state index contributed by atoms with van der Waals surface area (Å²) >= 11 is 3.50. The molecular weight excluding hydrogens is 539 g/mol. The van der Waals surface area contributed by atoms with Gasteiger partial charge in [-0.15, -0.1) is 34.2 Å². The molecule has 0 amide bonds. The maximum Gasteiger partial charge on any atom is 0.191 e. The standard InChI is InChI=1S/C18H27BrN6O2.HI/c1-13(27-16-8-6-5-7-15(16)19)11-21-18(20-9-10-26-4)22-12-17-24-23-14(2)25(17)3;/h5-8,13H,9-12H2,1-4H3,(H2,20,21,22);1H. The Balaban J connectivity index is 0.00000392. The first-order valence-electron chi connectivity index (χ1n) is 8.78. The fourth-order valence-electron chi connectivity index (χ4n) is 2.22. The van der Waals surface area contributed by atoms with Crippen molar-refractivity contribution in [2.45, 2.75) is 26.5 Å². The largest absolute Gasteiger partial charge is 0.488 e. The lowest BCUT2D eigenvalue weighted by Gasteiger charge is -2.18. The maximum atomic E-state index is 5.96. The molecule has 0 bridgehead atoms. The minimum Gasteiger partial charge on any atom is -0.488 e. The normalized spacial score (nSPS) is 12.2. The van der Waals surface area contributed by atoms with Crippen LogP contribution >= 0.6 is 39.9 Å². The highest BCUT2D eigenvalue weighted by molar-refractivity contribution is 14.0. The Labute approximate surface area is 191 Å². The van der Waals surface area contributed by atoms with Crippen LogP contribution in [0.2, 0.25) is 0 Å². The number of methoxy groups -OCH3 is 1. The van der Waals surface area contributed by atoms with E-state index in [9.17, 15) is 0 Å². The van der Waals surface area contributed by atoms with Gasteiger partial charge in [0, 0.05) is 20.7 Å². The summed E-state index contributed by atoms with van der Waals surface area (Å²) in [4.78, 5) is 4.59. The number of nitrogens with one attached hydrogen (secondary N) is 2. The van der Waals surface area contributed by atoms with E-state index in [2.05, 4.69) is 41.8 Å². The molecule has 2 rings (SSSR count). The van der Waals surface area contributed by atoms with Gasteiger partial charge in [-0.2, -0.15) is 0 Å². The Morgan fingerprint density at radius 1 is 1.29 bits per heavy atom. The highest BCUT2D eigenvalue weighted by atomic mass is 127. The fourth-order valence-corrected chi connectivity index (χ4v) is 2.60. The van der Waals surface area contributed by atoms with E-state index < -0.39 is 0 Å². The summed E-state index contributed by atoms with van der Waals surface area (Å²) in [6.45, 7) is 6.19. The molecular formula is C18H28BrIN6O2.